The second-order valence-electron chi connectivity index (χ2n) is 3.23. The van der Waals surface area contributed by atoms with Crippen LogP contribution >= 0.6 is 11.5 Å². The second-order valence-corrected chi connectivity index (χ2v) is 3.84. The van der Waals surface area contributed by atoms with Crippen molar-refractivity contribution in [3.05, 3.63) is 28.8 Å². The number of aromatic amines is 1. The lowest BCUT2D eigenvalue weighted by molar-refractivity contribution is 0.542. The van der Waals surface area contributed by atoms with Crippen LogP contribution in [0, 0.1) is 0 Å². The lowest BCUT2D eigenvalue weighted by Crippen LogP contribution is -2.30. The van der Waals surface area contributed by atoms with E-state index < -0.39 is 0 Å². The maximum absolute atomic E-state index is 4.31. The zero-order chi connectivity index (χ0) is 9.38. The van der Waals surface area contributed by atoms with Crippen molar-refractivity contribution in [2.45, 2.75) is 12.5 Å². The molecule has 0 saturated carbocycles. The Morgan fingerprint density at radius 1 is 1.50 bits per heavy atom. The van der Waals surface area contributed by atoms with E-state index in [1.807, 2.05) is 5.38 Å². The van der Waals surface area contributed by atoms with Gasteiger partial charge >= 0.3 is 0 Å². The molecule has 1 aliphatic rings. The summed E-state index contributed by atoms with van der Waals surface area (Å²) in [5, 5.41) is 9.42. The molecule has 3 heterocycles. The molecule has 0 aromatic carbocycles. The lowest BCUT2D eigenvalue weighted by Gasteiger charge is -2.20. The molecule has 5 nitrogen and oxygen atoms in total. The normalized spacial score (nSPS) is 20.7. The van der Waals surface area contributed by atoms with Gasteiger partial charge in [-0.25, -0.2) is 4.98 Å². The lowest BCUT2D eigenvalue weighted by atomic mass is 10.0. The maximum Gasteiger partial charge on any atom is 0.0986 e. The Balaban J connectivity index is 2.04. The molecule has 72 valence electrons. The van der Waals surface area contributed by atoms with Crippen molar-refractivity contribution < 1.29 is 0 Å². The average Bonchev–Trinajstić information content (AvgIpc) is 2.88. The van der Waals surface area contributed by atoms with Crippen LogP contribution in [0.3, 0.4) is 0 Å². The number of nitrogens with zero attached hydrogens (tertiary/aromatic N) is 3. The van der Waals surface area contributed by atoms with Crippen LogP contribution in [-0.4, -0.2) is 26.1 Å². The highest BCUT2D eigenvalue weighted by Crippen LogP contribution is 2.24. The van der Waals surface area contributed by atoms with Gasteiger partial charge in [0, 0.05) is 24.0 Å². The summed E-state index contributed by atoms with van der Waals surface area (Å²) in [5.41, 5.74) is 3.23. The van der Waals surface area contributed by atoms with Crippen LogP contribution in [0.1, 0.15) is 23.1 Å². The van der Waals surface area contributed by atoms with Crippen molar-refractivity contribution in [2.75, 3.05) is 6.54 Å². The van der Waals surface area contributed by atoms with E-state index in [9.17, 15) is 0 Å². The molecule has 1 aliphatic heterocycles. The summed E-state index contributed by atoms with van der Waals surface area (Å²) in [6, 6.07) is 0.115. The van der Waals surface area contributed by atoms with E-state index in [0.29, 0.717) is 0 Å². The minimum atomic E-state index is 0.115. The summed E-state index contributed by atoms with van der Waals surface area (Å²) >= 11 is 1.37. The smallest absolute Gasteiger partial charge is 0.0986 e. The summed E-state index contributed by atoms with van der Waals surface area (Å²) in [4.78, 5) is 7.47. The molecule has 1 atom stereocenters. The number of rotatable bonds is 1. The van der Waals surface area contributed by atoms with Crippen LogP contribution in [0.2, 0.25) is 0 Å². The quantitative estimate of drug-likeness (QED) is 0.714. The highest BCUT2D eigenvalue weighted by molar-refractivity contribution is 7.03. The third-order valence-corrected chi connectivity index (χ3v) is 2.94. The fourth-order valence-electron chi connectivity index (χ4n) is 1.76. The molecule has 14 heavy (non-hydrogen) atoms. The molecule has 0 aliphatic carbocycles. The van der Waals surface area contributed by atoms with Crippen LogP contribution < -0.4 is 5.32 Å². The molecule has 0 spiro atoms. The molecule has 6 heteroatoms. The van der Waals surface area contributed by atoms with E-state index >= 15 is 0 Å². The maximum atomic E-state index is 4.31. The first-order chi connectivity index (χ1) is 6.95. The van der Waals surface area contributed by atoms with Crippen molar-refractivity contribution in [3.63, 3.8) is 0 Å². The van der Waals surface area contributed by atoms with Crippen LogP contribution in [0.5, 0.6) is 0 Å². The molecule has 1 unspecified atom stereocenters. The fourth-order valence-corrected chi connectivity index (χ4v) is 2.24. The summed E-state index contributed by atoms with van der Waals surface area (Å²) in [5.74, 6) is 0. The molecular formula is C8H9N5S. The predicted octanol–water partition coefficient (Wildman–Crippen LogP) is 0.496. The van der Waals surface area contributed by atoms with Crippen LogP contribution in [-0.2, 0) is 6.42 Å². The Morgan fingerprint density at radius 3 is 3.36 bits per heavy atom. The number of hydrogen-bond donors (Lipinski definition) is 2. The molecule has 2 aromatic heterocycles. The third-order valence-electron chi connectivity index (χ3n) is 2.42. The summed E-state index contributed by atoms with van der Waals surface area (Å²) in [7, 11) is 0. The first-order valence-electron chi connectivity index (χ1n) is 4.47. The van der Waals surface area contributed by atoms with E-state index in [1.165, 1.54) is 17.2 Å². The van der Waals surface area contributed by atoms with Gasteiger partial charge < -0.3 is 10.3 Å². The summed E-state index contributed by atoms with van der Waals surface area (Å²) in [6.45, 7) is 0.956. The molecule has 0 fully saturated rings. The monoisotopic (exact) mass is 207 g/mol. The van der Waals surface area contributed by atoms with E-state index in [4.69, 9.17) is 0 Å². The van der Waals surface area contributed by atoms with Gasteiger partial charge in [0.1, 0.15) is 0 Å². The number of imidazole rings is 1. The number of hydrogen-bond acceptors (Lipinski definition) is 5. The standard InChI is InChI=1S/C8H9N5S/c1-2-9-8(6-3-14-13-12-6)7-5(1)10-4-11-7/h3-4,8-9H,1-2H2,(H,10,11). The van der Waals surface area contributed by atoms with Crippen LogP contribution in [0.15, 0.2) is 11.7 Å². The molecule has 2 aromatic rings. The van der Waals surface area contributed by atoms with Gasteiger partial charge in [-0.1, -0.05) is 4.49 Å². The van der Waals surface area contributed by atoms with Gasteiger partial charge in [0.15, 0.2) is 0 Å². The van der Waals surface area contributed by atoms with Crippen molar-refractivity contribution in [3.8, 4) is 0 Å². The number of aromatic nitrogens is 4. The third kappa shape index (κ3) is 1.15. The first kappa shape index (κ1) is 8.07. The molecule has 3 rings (SSSR count). The van der Waals surface area contributed by atoms with Gasteiger partial charge in [-0.2, -0.15) is 0 Å². The minimum absolute atomic E-state index is 0.115. The molecule has 0 radical (unpaired) electrons. The minimum Gasteiger partial charge on any atom is -0.348 e. The van der Waals surface area contributed by atoms with E-state index in [1.54, 1.807) is 6.33 Å². The van der Waals surface area contributed by atoms with E-state index in [0.717, 1.165) is 24.4 Å². The Hall–Kier alpha value is -1.27. The number of H-pyrrole nitrogens is 1. The van der Waals surface area contributed by atoms with Crippen LogP contribution in [0.25, 0.3) is 0 Å². The Kier molecular flexibility index (Phi) is 1.81. The zero-order valence-corrected chi connectivity index (χ0v) is 8.21. The van der Waals surface area contributed by atoms with Crippen molar-refractivity contribution in [1.82, 2.24) is 24.9 Å². The topological polar surface area (TPSA) is 66.5 Å². The fraction of sp³-hybridized carbons (Fsp3) is 0.375. The Labute approximate surface area is 84.7 Å². The van der Waals surface area contributed by atoms with Gasteiger partial charge in [0.2, 0.25) is 0 Å². The van der Waals surface area contributed by atoms with Gasteiger partial charge in [-0.15, -0.1) is 5.10 Å². The predicted molar refractivity (Wildman–Crippen MR) is 52.0 cm³/mol. The van der Waals surface area contributed by atoms with E-state index in [-0.39, 0.29) is 6.04 Å². The van der Waals surface area contributed by atoms with Crippen molar-refractivity contribution >= 4 is 11.5 Å². The SMILES string of the molecule is c1nc2c([nH]1)CCNC2c1csnn1. The number of nitrogens with one attached hydrogen (secondary N) is 2. The highest BCUT2D eigenvalue weighted by atomic mass is 32.1. The molecule has 0 bridgehead atoms. The summed E-state index contributed by atoms with van der Waals surface area (Å²) in [6.07, 6.45) is 2.74. The molecule has 0 saturated heterocycles. The Morgan fingerprint density at radius 2 is 2.50 bits per heavy atom. The number of fused-ring (bicyclic) bond motifs is 1. The van der Waals surface area contributed by atoms with Gasteiger partial charge in [-0.3, -0.25) is 0 Å². The largest absolute Gasteiger partial charge is 0.348 e. The van der Waals surface area contributed by atoms with Gasteiger partial charge in [0.25, 0.3) is 0 Å². The zero-order valence-electron chi connectivity index (χ0n) is 7.40. The van der Waals surface area contributed by atoms with Crippen molar-refractivity contribution in [2.24, 2.45) is 0 Å². The average molecular weight is 207 g/mol. The van der Waals surface area contributed by atoms with Crippen LogP contribution in [0.4, 0.5) is 0 Å². The van der Waals surface area contributed by atoms with Gasteiger partial charge in [0.05, 0.1) is 23.8 Å². The molecule has 0 amide bonds. The van der Waals surface area contributed by atoms with E-state index in [2.05, 4.69) is 24.9 Å². The highest BCUT2D eigenvalue weighted by Gasteiger charge is 2.25. The first-order valence-corrected chi connectivity index (χ1v) is 5.31. The Bertz CT molecular complexity index is 421. The molecular weight excluding hydrogens is 198 g/mol. The summed E-state index contributed by atoms with van der Waals surface area (Å²) < 4.78 is 3.87. The second kappa shape index (κ2) is 3.14. The van der Waals surface area contributed by atoms with Crippen molar-refractivity contribution in [1.29, 1.82) is 0 Å². The van der Waals surface area contributed by atoms with Gasteiger partial charge in [-0.05, 0) is 11.5 Å². The molecule has 2 N–H and O–H groups in total.